The zero-order chi connectivity index (χ0) is 13.1. The zero-order valence-corrected chi connectivity index (χ0v) is 10.4. The fraction of sp³-hybridized carbons (Fsp3) is 0.154. The van der Waals surface area contributed by atoms with E-state index in [1.165, 1.54) is 0 Å². The van der Waals surface area contributed by atoms with Gasteiger partial charge in [0.05, 0.1) is 0 Å². The van der Waals surface area contributed by atoms with Gasteiger partial charge in [-0.3, -0.25) is 0 Å². The molecule has 1 heterocycles. The smallest absolute Gasteiger partial charge is 0.208 e. The first kappa shape index (κ1) is 13.0. The third-order valence-corrected chi connectivity index (χ3v) is 3.50. The molecule has 1 nitrogen and oxygen atoms in total. The van der Waals surface area contributed by atoms with E-state index in [1.807, 2.05) is 31.2 Å². The van der Waals surface area contributed by atoms with Crippen molar-refractivity contribution in [2.45, 2.75) is 17.7 Å². The van der Waals surface area contributed by atoms with Crippen molar-refractivity contribution in [3.63, 3.8) is 0 Å². The highest BCUT2D eigenvalue weighted by atomic mass is 32.2. The van der Waals surface area contributed by atoms with Crippen LogP contribution in [0.15, 0.2) is 35.4 Å². The van der Waals surface area contributed by atoms with E-state index >= 15 is 0 Å². The van der Waals surface area contributed by atoms with Gasteiger partial charge in [-0.25, -0.2) is 13.8 Å². The molecule has 0 unspecified atom stereocenters. The summed E-state index contributed by atoms with van der Waals surface area (Å²) >= 11 is 1.04. The Morgan fingerprint density at radius 3 is 2.56 bits per heavy atom. The maximum Gasteiger partial charge on any atom is 0.250 e. The highest BCUT2D eigenvalue weighted by molar-refractivity contribution is 7.98. The highest BCUT2D eigenvalue weighted by Gasteiger charge is 2.12. The Labute approximate surface area is 107 Å². The summed E-state index contributed by atoms with van der Waals surface area (Å²) in [6.07, 6.45) is 0. The molecule has 0 N–H and O–H groups in total. The zero-order valence-electron chi connectivity index (χ0n) is 9.58. The molecule has 0 atom stereocenters. The van der Waals surface area contributed by atoms with Gasteiger partial charge in [-0.1, -0.05) is 36.0 Å². The summed E-state index contributed by atoms with van der Waals surface area (Å²) in [6, 6.07) is 8.13. The molecule has 18 heavy (non-hydrogen) atoms. The van der Waals surface area contributed by atoms with Crippen molar-refractivity contribution in [3.05, 3.63) is 59.0 Å². The van der Waals surface area contributed by atoms with Gasteiger partial charge < -0.3 is 0 Å². The molecule has 0 fully saturated rings. The molecular formula is C13H10F3NS. The molecule has 0 radical (unpaired) electrons. The Hall–Kier alpha value is -1.49. The number of nitrogens with zero attached hydrogens (tertiary/aromatic N) is 1. The molecule has 0 aliphatic heterocycles. The fourth-order valence-corrected chi connectivity index (χ4v) is 2.41. The molecule has 0 spiro atoms. The van der Waals surface area contributed by atoms with Crippen LogP contribution in [0.1, 0.15) is 11.1 Å². The lowest BCUT2D eigenvalue weighted by atomic mass is 10.1. The Kier molecular flexibility index (Phi) is 3.91. The molecular weight excluding hydrogens is 259 g/mol. The molecule has 0 bridgehead atoms. The lowest BCUT2D eigenvalue weighted by Gasteiger charge is -2.05. The fourth-order valence-electron chi connectivity index (χ4n) is 1.45. The largest absolute Gasteiger partial charge is 0.250 e. The maximum atomic E-state index is 13.3. The first-order valence-electron chi connectivity index (χ1n) is 5.27. The van der Waals surface area contributed by atoms with Crippen LogP contribution in [0, 0.1) is 24.5 Å². The van der Waals surface area contributed by atoms with E-state index in [0.29, 0.717) is 11.8 Å². The molecule has 0 saturated heterocycles. The summed E-state index contributed by atoms with van der Waals surface area (Å²) < 4.78 is 38.9. The van der Waals surface area contributed by atoms with Crippen molar-refractivity contribution in [1.82, 2.24) is 4.98 Å². The third-order valence-electron chi connectivity index (χ3n) is 2.48. The van der Waals surface area contributed by atoms with Crippen LogP contribution in [0.2, 0.25) is 0 Å². The lowest BCUT2D eigenvalue weighted by Crippen LogP contribution is -1.96. The van der Waals surface area contributed by atoms with Crippen molar-refractivity contribution < 1.29 is 13.2 Å². The van der Waals surface area contributed by atoms with Crippen LogP contribution in [-0.4, -0.2) is 4.98 Å². The van der Waals surface area contributed by atoms with Gasteiger partial charge in [0.25, 0.3) is 0 Å². The molecule has 5 heteroatoms. The standard InChI is InChI=1S/C13H10F3NS/c1-8-4-2-3-5-9(8)7-18-13-11(15)6-10(14)12(16)17-13/h2-6H,7H2,1H3. The van der Waals surface area contributed by atoms with Crippen LogP contribution in [0.25, 0.3) is 0 Å². The Bertz CT molecular complexity index is 572. The second-order valence-electron chi connectivity index (χ2n) is 3.76. The quantitative estimate of drug-likeness (QED) is 0.614. The lowest BCUT2D eigenvalue weighted by molar-refractivity contribution is 0.448. The minimum Gasteiger partial charge on any atom is -0.208 e. The predicted molar refractivity (Wildman–Crippen MR) is 64.9 cm³/mol. The average molecular weight is 269 g/mol. The van der Waals surface area contributed by atoms with Crippen molar-refractivity contribution >= 4 is 11.8 Å². The molecule has 94 valence electrons. The van der Waals surface area contributed by atoms with Gasteiger partial charge in [-0.05, 0) is 18.1 Å². The van der Waals surface area contributed by atoms with Crippen molar-refractivity contribution in [1.29, 1.82) is 0 Å². The van der Waals surface area contributed by atoms with Gasteiger partial charge >= 0.3 is 0 Å². The predicted octanol–water partition coefficient (Wildman–Crippen LogP) is 4.10. The summed E-state index contributed by atoms with van der Waals surface area (Å²) in [5, 5.41) is -0.128. The van der Waals surface area contributed by atoms with Crippen LogP contribution in [0.4, 0.5) is 13.2 Å². The molecule has 1 aromatic heterocycles. The molecule has 2 rings (SSSR count). The molecule has 2 aromatic rings. The van der Waals surface area contributed by atoms with E-state index < -0.39 is 17.6 Å². The Morgan fingerprint density at radius 2 is 1.83 bits per heavy atom. The van der Waals surface area contributed by atoms with E-state index in [4.69, 9.17) is 0 Å². The highest BCUT2D eigenvalue weighted by Crippen LogP contribution is 2.25. The van der Waals surface area contributed by atoms with E-state index in [0.717, 1.165) is 22.9 Å². The van der Waals surface area contributed by atoms with Gasteiger partial charge in [-0.2, -0.15) is 4.39 Å². The number of pyridine rings is 1. The topological polar surface area (TPSA) is 12.9 Å². The van der Waals surface area contributed by atoms with Crippen LogP contribution in [0.3, 0.4) is 0 Å². The number of benzene rings is 1. The van der Waals surface area contributed by atoms with Crippen LogP contribution in [-0.2, 0) is 5.75 Å². The van der Waals surface area contributed by atoms with Gasteiger partial charge in [0.1, 0.15) is 5.03 Å². The Morgan fingerprint density at radius 1 is 1.11 bits per heavy atom. The van der Waals surface area contributed by atoms with Crippen molar-refractivity contribution in [3.8, 4) is 0 Å². The summed E-state index contributed by atoms with van der Waals surface area (Å²) in [5.41, 5.74) is 2.07. The first-order chi connectivity index (χ1) is 8.58. The molecule has 0 aliphatic carbocycles. The first-order valence-corrected chi connectivity index (χ1v) is 6.25. The van der Waals surface area contributed by atoms with Crippen LogP contribution in [0.5, 0.6) is 0 Å². The maximum absolute atomic E-state index is 13.3. The second-order valence-corrected chi connectivity index (χ2v) is 4.73. The molecule has 0 saturated carbocycles. The average Bonchev–Trinajstić information content (AvgIpc) is 2.34. The number of rotatable bonds is 3. The third kappa shape index (κ3) is 2.85. The van der Waals surface area contributed by atoms with E-state index in [2.05, 4.69) is 4.98 Å². The molecule has 0 amide bonds. The SMILES string of the molecule is Cc1ccccc1CSc1nc(F)c(F)cc1F. The minimum atomic E-state index is -1.27. The summed E-state index contributed by atoms with van der Waals surface area (Å²) in [7, 11) is 0. The number of thioether (sulfide) groups is 1. The Balaban J connectivity index is 2.16. The number of hydrogen-bond donors (Lipinski definition) is 0. The monoisotopic (exact) mass is 269 g/mol. The van der Waals surface area contributed by atoms with E-state index in [-0.39, 0.29) is 5.03 Å². The van der Waals surface area contributed by atoms with Gasteiger partial charge in [0, 0.05) is 11.8 Å². The van der Waals surface area contributed by atoms with E-state index in [1.54, 1.807) is 0 Å². The minimum absolute atomic E-state index is 0.128. The summed E-state index contributed by atoms with van der Waals surface area (Å²) in [5.74, 6) is -2.93. The van der Waals surface area contributed by atoms with Crippen molar-refractivity contribution in [2.75, 3.05) is 0 Å². The number of hydrogen-bond acceptors (Lipinski definition) is 2. The summed E-state index contributed by atoms with van der Waals surface area (Å²) in [4.78, 5) is 3.26. The van der Waals surface area contributed by atoms with Gasteiger partial charge in [0.15, 0.2) is 11.6 Å². The second kappa shape index (κ2) is 5.44. The normalized spacial score (nSPS) is 10.7. The number of aryl methyl sites for hydroxylation is 1. The van der Waals surface area contributed by atoms with E-state index in [9.17, 15) is 13.2 Å². The van der Waals surface area contributed by atoms with Crippen LogP contribution < -0.4 is 0 Å². The number of aromatic nitrogens is 1. The van der Waals surface area contributed by atoms with Crippen LogP contribution >= 0.6 is 11.8 Å². The number of halogens is 3. The molecule has 1 aromatic carbocycles. The van der Waals surface area contributed by atoms with Gasteiger partial charge in [0.2, 0.25) is 5.95 Å². The summed E-state index contributed by atoms with van der Waals surface area (Å²) in [6.45, 7) is 1.94. The molecule has 0 aliphatic rings. The van der Waals surface area contributed by atoms with Crippen molar-refractivity contribution in [2.24, 2.45) is 0 Å². The van der Waals surface area contributed by atoms with Gasteiger partial charge in [-0.15, -0.1) is 0 Å².